The zero-order valence-corrected chi connectivity index (χ0v) is 12.7. The van der Waals surface area contributed by atoms with E-state index in [9.17, 15) is 4.79 Å². The molecule has 3 unspecified atom stereocenters. The largest absolute Gasteiger partial charge is 0.299 e. The summed E-state index contributed by atoms with van der Waals surface area (Å²) >= 11 is 2.05. The highest BCUT2D eigenvalue weighted by atomic mass is 32.2. The number of rotatable bonds is 3. The molecular weight excluding hydrogens is 264 g/mol. The normalized spacial score (nSPS) is 32.3. The number of Topliss-reactive ketones (excluding diaryl/α,β-unsaturated/α-hetero) is 1. The fourth-order valence-electron chi connectivity index (χ4n) is 4.38. The van der Waals surface area contributed by atoms with E-state index < -0.39 is 0 Å². The molecule has 4 rings (SSSR count). The van der Waals surface area contributed by atoms with Gasteiger partial charge in [-0.15, -0.1) is 0 Å². The van der Waals surface area contributed by atoms with Crippen LogP contribution in [0.25, 0.3) is 0 Å². The number of carbonyl (C=O) groups is 1. The first-order valence-electron chi connectivity index (χ1n) is 8.03. The Morgan fingerprint density at radius 1 is 1.15 bits per heavy atom. The second-order valence-corrected chi connectivity index (χ2v) is 7.90. The Balaban J connectivity index is 1.45. The molecule has 2 fully saturated rings. The van der Waals surface area contributed by atoms with Crippen molar-refractivity contribution in [3.63, 3.8) is 0 Å². The van der Waals surface area contributed by atoms with E-state index in [2.05, 4.69) is 24.3 Å². The number of ketones is 1. The van der Waals surface area contributed by atoms with Crippen molar-refractivity contribution in [2.24, 2.45) is 17.8 Å². The lowest BCUT2D eigenvalue weighted by atomic mass is 9.92. The molecule has 2 aliphatic carbocycles. The molecule has 3 atom stereocenters. The molecule has 1 heterocycles. The Morgan fingerprint density at radius 2 is 1.95 bits per heavy atom. The number of thioether (sulfide) groups is 1. The Kier molecular flexibility index (Phi) is 3.37. The van der Waals surface area contributed by atoms with Crippen LogP contribution in [0.1, 0.15) is 42.7 Å². The molecule has 106 valence electrons. The topological polar surface area (TPSA) is 17.1 Å². The van der Waals surface area contributed by atoms with Gasteiger partial charge in [0.05, 0.1) is 0 Å². The zero-order chi connectivity index (χ0) is 13.5. The van der Waals surface area contributed by atoms with Crippen molar-refractivity contribution in [3.8, 4) is 0 Å². The van der Waals surface area contributed by atoms with E-state index in [1.54, 1.807) is 0 Å². The summed E-state index contributed by atoms with van der Waals surface area (Å²) in [4.78, 5) is 12.6. The molecule has 3 aliphatic rings. The Morgan fingerprint density at radius 3 is 2.80 bits per heavy atom. The molecule has 20 heavy (non-hydrogen) atoms. The number of hydrogen-bond donors (Lipinski definition) is 0. The van der Waals surface area contributed by atoms with Gasteiger partial charge in [0.15, 0.2) is 0 Å². The Hall–Kier alpha value is -0.760. The minimum absolute atomic E-state index is 0.369. The summed E-state index contributed by atoms with van der Waals surface area (Å²) in [5.41, 5.74) is 2.99. The zero-order valence-electron chi connectivity index (χ0n) is 11.9. The van der Waals surface area contributed by atoms with Crippen LogP contribution in [0.2, 0.25) is 0 Å². The minimum atomic E-state index is 0.369. The third kappa shape index (κ3) is 2.22. The van der Waals surface area contributed by atoms with Gasteiger partial charge >= 0.3 is 0 Å². The van der Waals surface area contributed by atoms with Crippen molar-refractivity contribution >= 4 is 17.5 Å². The molecule has 1 aromatic rings. The van der Waals surface area contributed by atoms with Crippen molar-refractivity contribution in [1.82, 2.24) is 0 Å². The van der Waals surface area contributed by atoms with Crippen LogP contribution in [0, 0.1) is 17.8 Å². The van der Waals surface area contributed by atoms with Crippen molar-refractivity contribution in [2.75, 3.05) is 11.5 Å². The molecule has 0 aromatic heterocycles. The van der Waals surface area contributed by atoms with Crippen molar-refractivity contribution in [2.45, 2.75) is 38.0 Å². The quantitative estimate of drug-likeness (QED) is 0.833. The van der Waals surface area contributed by atoms with Crippen LogP contribution in [0.4, 0.5) is 0 Å². The molecule has 1 saturated heterocycles. The maximum absolute atomic E-state index is 12.6. The lowest BCUT2D eigenvalue weighted by molar-refractivity contribution is -0.121. The standard InChI is InChI=1S/C18H22OS/c19-16(11-12-7-9-20-10-8-12)18-15-6-5-13-3-1-2-4-14(13)17(15)18/h1-4,12,15,17-18H,5-11H2. The molecule has 1 aromatic carbocycles. The van der Waals surface area contributed by atoms with E-state index in [0.29, 0.717) is 29.5 Å². The fourth-order valence-corrected chi connectivity index (χ4v) is 5.58. The van der Waals surface area contributed by atoms with Crippen molar-refractivity contribution < 1.29 is 4.79 Å². The average Bonchev–Trinajstić information content (AvgIpc) is 3.23. The lowest BCUT2D eigenvalue weighted by Gasteiger charge is -2.20. The molecule has 0 bridgehead atoms. The monoisotopic (exact) mass is 286 g/mol. The first-order valence-corrected chi connectivity index (χ1v) is 9.18. The molecule has 1 nitrogen and oxygen atoms in total. The van der Waals surface area contributed by atoms with Gasteiger partial charge in [0.25, 0.3) is 0 Å². The highest BCUT2D eigenvalue weighted by molar-refractivity contribution is 7.99. The van der Waals surface area contributed by atoms with Gasteiger partial charge in [0.2, 0.25) is 0 Å². The van der Waals surface area contributed by atoms with Crippen LogP contribution >= 0.6 is 11.8 Å². The lowest BCUT2D eigenvalue weighted by Crippen LogP contribution is -2.16. The van der Waals surface area contributed by atoms with Gasteiger partial charge in [-0.2, -0.15) is 11.8 Å². The summed E-state index contributed by atoms with van der Waals surface area (Å²) in [7, 11) is 0. The Bertz CT molecular complexity index is 518. The predicted octanol–water partition coefficient (Wildman–Crippen LogP) is 4.06. The first-order chi connectivity index (χ1) is 9.84. The highest BCUT2D eigenvalue weighted by Gasteiger charge is 2.56. The van der Waals surface area contributed by atoms with Crippen LogP contribution in [-0.2, 0) is 11.2 Å². The summed E-state index contributed by atoms with van der Waals surface area (Å²) in [6.07, 6.45) is 5.80. The van der Waals surface area contributed by atoms with Gasteiger partial charge in [-0.25, -0.2) is 0 Å². The second kappa shape index (κ2) is 5.22. The third-order valence-corrected chi connectivity index (χ3v) is 6.58. The van der Waals surface area contributed by atoms with E-state index >= 15 is 0 Å². The summed E-state index contributed by atoms with van der Waals surface area (Å²) in [5.74, 6) is 5.40. The van der Waals surface area contributed by atoms with E-state index in [0.717, 1.165) is 6.42 Å². The van der Waals surface area contributed by atoms with E-state index in [1.165, 1.54) is 48.3 Å². The van der Waals surface area contributed by atoms with Crippen molar-refractivity contribution in [1.29, 1.82) is 0 Å². The van der Waals surface area contributed by atoms with E-state index in [-0.39, 0.29) is 0 Å². The number of fused-ring (bicyclic) bond motifs is 3. The van der Waals surface area contributed by atoms with E-state index in [1.807, 2.05) is 11.8 Å². The fraction of sp³-hybridized carbons (Fsp3) is 0.611. The second-order valence-electron chi connectivity index (χ2n) is 6.68. The van der Waals surface area contributed by atoms with Gasteiger partial charge < -0.3 is 0 Å². The number of aryl methyl sites for hydroxylation is 1. The summed E-state index contributed by atoms with van der Waals surface area (Å²) < 4.78 is 0. The van der Waals surface area contributed by atoms with E-state index in [4.69, 9.17) is 0 Å². The SMILES string of the molecule is O=C(CC1CCSCC1)C1C2CCc3ccccc3C21. The van der Waals surface area contributed by atoms with Crippen LogP contribution in [-0.4, -0.2) is 17.3 Å². The molecule has 0 radical (unpaired) electrons. The van der Waals surface area contributed by atoms with Crippen LogP contribution in [0.5, 0.6) is 0 Å². The molecule has 1 saturated carbocycles. The van der Waals surface area contributed by atoms with Gasteiger partial charge in [0, 0.05) is 12.3 Å². The average molecular weight is 286 g/mol. The first kappa shape index (κ1) is 12.9. The van der Waals surface area contributed by atoms with Crippen LogP contribution < -0.4 is 0 Å². The number of carbonyl (C=O) groups excluding carboxylic acids is 1. The van der Waals surface area contributed by atoms with Gasteiger partial charge in [0.1, 0.15) is 5.78 Å². The minimum Gasteiger partial charge on any atom is -0.299 e. The summed E-state index contributed by atoms with van der Waals surface area (Å²) in [6.45, 7) is 0. The maximum Gasteiger partial charge on any atom is 0.137 e. The Labute approximate surface area is 125 Å². The van der Waals surface area contributed by atoms with Crippen molar-refractivity contribution in [3.05, 3.63) is 35.4 Å². The molecule has 1 aliphatic heterocycles. The summed E-state index contributed by atoms with van der Waals surface area (Å²) in [6, 6.07) is 8.79. The number of benzene rings is 1. The highest BCUT2D eigenvalue weighted by Crippen LogP contribution is 2.60. The summed E-state index contributed by atoms with van der Waals surface area (Å²) in [5, 5.41) is 0. The molecular formula is C18H22OS. The number of hydrogen-bond acceptors (Lipinski definition) is 2. The maximum atomic E-state index is 12.6. The van der Waals surface area contributed by atoms with Crippen LogP contribution in [0.3, 0.4) is 0 Å². The predicted molar refractivity (Wildman–Crippen MR) is 84.2 cm³/mol. The molecule has 0 spiro atoms. The molecule has 0 N–H and O–H groups in total. The van der Waals surface area contributed by atoms with Gasteiger partial charge in [-0.05, 0) is 66.1 Å². The molecule has 0 amide bonds. The smallest absolute Gasteiger partial charge is 0.137 e. The third-order valence-electron chi connectivity index (χ3n) is 5.53. The van der Waals surface area contributed by atoms with Gasteiger partial charge in [-0.3, -0.25) is 4.79 Å². The van der Waals surface area contributed by atoms with Crippen LogP contribution in [0.15, 0.2) is 24.3 Å². The van der Waals surface area contributed by atoms with Gasteiger partial charge in [-0.1, -0.05) is 24.3 Å². The molecule has 2 heteroatoms.